The summed E-state index contributed by atoms with van der Waals surface area (Å²) in [6.07, 6.45) is 0.0894. The molecule has 3 aromatic rings. The zero-order chi connectivity index (χ0) is 23.0. The van der Waals surface area contributed by atoms with Crippen molar-refractivity contribution in [3.63, 3.8) is 0 Å². The van der Waals surface area contributed by atoms with E-state index in [0.717, 1.165) is 5.56 Å². The van der Waals surface area contributed by atoms with Gasteiger partial charge in [-0.25, -0.2) is 0 Å². The maximum absolute atomic E-state index is 12.4. The second kappa shape index (κ2) is 10.5. The fourth-order valence-electron chi connectivity index (χ4n) is 3.60. The number of hydrogen-bond donors (Lipinski definition) is 1. The van der Waals surface area contributed by atoms with Gasteiger partial charge in [-0.2, -0.15) is 0 Å². The predicted octanol–water partition coefficient (Wildman–Crippen LogP) is 4.01. The quantitative estimate of drug-likeness (QED) is 0.531. The first kappa shape index (κ1) is 22.1. The van der Waals surface area contributed by atoms with E-state index < -0.39 is 24.4 Å². The first-order valence-corrected chi connectivity index (χ1v) is 10.7. The lowest BCUT2D eigenvalue weighted by atomic mass is 10.1. The third-order valence-electron chi connectivity index (χ3n) is 5.21. The number of anilines is 1. The molecule has 1 N–H and O–H groups in total. The Morgan fingerprint density at radius 3 is 2.36 bits per heavy atom. The van der Waals surface area contributed by atoms with Crippen molar-refractivity contribution in [2.45, 2.75) is 13.0 Å². The molecule has 0 saturated carbocycles. The van der Waals surface area contributed by atoms with Crippen LogP contribution in [0.3, 0.4) is 0 Å². The van der Waals surface area contributed by atoms with Crippen molar-refractivity contribution >= 4 is 23.5 Å². The maximum Gasteiger partial charge on any atom is 0.311 e. The van der Waals surface area contributed by atoms with Crippen LogP contribution in [0.1, 0.15) is 12.0 Å². The number of benzene rings is 3. The van der Waals surface area contributed by atoms with Gasteiger partial charge in [0.1, 0.15) is 11.5 Å². The van der Waals surface area contributed by atoms with Gasteiger partial charge < -0.3 is 19.7 Å². The number of hydrogen-bond acceptors (Lipinski definition) is 5. The van der Waals surface area contributed by atoms with Crippen LogP contribution in [-0.4, -0.2) is 35.8 Å². The Morgan fingerprint density at radius 2 is 1.61 bits per heavy atom. The van der Waals surface area contributed by atoms with E-state index in [-0.39, 0.29) is 18.9 Å². The van der Waals surface area contributed by atoms with Gasteiger partial charge in [0.2, 0.25) is 5.91 Å². The molecular weight excluding hydrogens is 420 g/mol. The molecule has 4 rings (SSSR count). The average Bonchev–Trinajstić information content (AvgIpc) is 3.19. The van der Waals surface area contributed by atoms with Gasteiger partial charge in [0.15, 0.2) is 6.61 Å². The number of ether oxygens (including phenoxy) is 2. The Hall–Kier alpha value is -4.13. The molecule has 1 atom stereocenters. The molecule has 7 nitrogen and oxygen atoms in total. The minimum Gasteiger partial charge on any atom is -0.457 e. The minimum atomic E-state index is -0.573. The molecule has 0 aliphatic carbocycles. The van der Waals surface area contributed by atoms with Gasteiger partial charge in [-0.1, -0.05) is 54.6 Å². The third kappa shape index (κ3) is 6.20. The van der Waals surface area contributed by atoms with E-state index in [4.69, 9.17) is 9.47 Å². The number of para-hydroxylation sites is 1. The number of rotatable bonds is 8. The molecule has 168 valence electrons. The lowest BCUT2D eigenvalue weighted by molar-refractivity contribution is -0.151. The lowest BCUT2D eigenvalue weighted by Crippen LogP contribution is -2.28. The summed E-state index contributed by atoms with van der Waals surface area (Å²) in [5.74, 6) is -0.431. The van der Waals surface area contributed by atoms with Crippen LogP contribution in [0.25, 0.3) is 0 Å². The molecule has 0 aromatic heterocycles. The van der Waals surface area contributed by atoms with Gasteiger partial charge in [-0.05, 0) is 29.8 Å². The van der Waals surface area contributed by atoms with E-state index in [9.17, 15) is 14.4 Å². The topological polar surface area (TPSA) is 84.9 Å². The molecule has 2 amide bonds. The number of amides is 2. The highest BCUT2D eigenvalue weighted by Gasteiger charge is 2.35. The first-order chi connectivity index (χ1) is 16.1. The van der Waals surface area contributed by atoms with Crippen molar-refractivity contribution < 1.29 is 23.9 Å². The Morgan fingerprint density at radius 1 is 0.909 bits per heavy atom. The molecule has 1 aliphatic heterocycles. The lowest BCUT2D eigenvalue weighted by Gasteiger charge is -2.16. The van der Waals surface area contributed by atoms with Gasteiger partial charge in [-0.15, -0.1) is 0 Å². The van der Waals surface area contributed by atoms with Gasteiger partial charge in [-0.3, -0.25) is 14.4 Å². The van der Waals surface area contributed by atoms with E-state index >= 15 is 0 Å². The highest BCUT2D eigenvalue weighted by molar-refractivity contribution is 5.93. The molecule has 0 bridgehead atoms. The summed E-state index contributed by atoms with van der Waals surface area (Å²) in [4.78, 5) is 38.6. The normalized spacial score (nSPS) is 15.2. The molecule has 3 aromatic carbocycles. The van der Waals surface area contributed by atoms with Gasteiger partial charge in [0.25, 0.3) is 5.91 Å². The number of esters is 1. The van der Waals surface area contributed by atoms with Crippen LogP contribution in [0.2, 0.25) is 0 Å². The largest absolute Gasteiger partial charge is 0.457 e. The molecule has 33 heavy (non-hydrogen) atoms. The number of nitrogens with one attached hydrogen (secondary N) is 1. The van der Waals surface area contributed by atoms with Crippen LogP contribution < -0.4 is 10.1 Å². The molecule has 0 spiro atoms. The smallest absolute Gasteiger partial charge is 0.311 e. The molecule has 0 radical (unpaired) electrons. The second-order valence-corrected chi connectivity index (χ2v) is 7.76. The fourth-order valence-corrected chi connectivity index (χ4v) is 3.60. The number of likely N-dealkylation sites (tertiary alicyclic amines) is 1. The second-order valence-electron chi connectivity index (χ2n) is 7.76. The van der Waals surface area contributed by atoms with Crippen molar-refractivity contribution in [1.29, 1.82) is 0 Å². The predicted molar refractivity (Wildman–Crippen MR) is 123 cm³/mol. The zero-order valence-electron chi connectivity index (χ0n) is 18.0. The molecule has 1 aliphatic rings. The van der Waals surface area contributed by atoms with E-state index in [1.54, 1.807) is 29.2 Å². The van der Waals surface area contributed by atoms with Crippen molar-refractivity contribution in [1.82, 2.24) is 4.90 Å². The van der Waals surface area contributed by atoms with Crippen LogP contribution >= 0.6 is 0 Å². The summed E-state index contributed by atoms with van der Waals surface area (Å²) < 4.78 is 10.9. The van der Waals surface area contributed by atoms with Crippen molar-refractivity contribution in [2.75, 3.05) is 18.5 Å². The average molecular weight is 444 g/mol. The van der Waals surface area contributed by atoms with Crippen LogP contribution in [0.4, 0.5) is 5.69 Å². The van der Waals surface area contributed by atoms with Crippen molar-refractivity contribution in [2.24, 2.45) is 5.92 Å². The van der Waals surface area contributed by atoms with Crippen LogP contribution in [0.5, 0.6) is 11.5 Å². The van der Waals surface area contributed by atoms with E-state index in [1.807, 2.05) is 60.7 Å². The molecule has 1 heterocycles. The highest BCUT2D eigenvalue weighted by atomic mass is 16.5. The summed E-state index contributed by atoms with van der Waals surface area (Å²) in [6.45, 7) is 0.310. The first-order valence-electron chi connectivity index (χ1n) is 10.7. The summed E-state index contributed by atoms with van der Waals surface area (Å²) in [7, 11) is 0. The van der Waals surface area contributed by atoms with Gasteiger partial charge in [0.05, 0.1) is 5.92 Å². The van der Waals surface area contributed by atoms with Crippen molar-refractivity contribution in [3.8, 4) is 11.5 Å². The summed E-state index contributed by atoms with van der Waals surface area (Å²) in [5.41, 5.74) is 1.52. The third-order valence-corrected chi connectivity index (χ3v) is 5.21. The number of carbonyl (C=O) groups excluding carboxylic acids is 3. The molecule has 0 unspecified atom stereocenters. The van der Waals surface area contributed by atoms with Crippen molar-refractivity contribution in [3.05, 3.63) is 90.5 Å². The SMILES string of the molecule is O=C(COC(=O)[C@@H]1CC(=O)N(Cc2ccccc2)C1)Nc1cccc(Oc2ccccc2)c1. The number of carbonyl (C=O) groups is 3. The van der Waals surface area contributed by atoms with Crippen LogP contribution in [0, 0.1) is 5.92 Å². The van der Waals surface area contributed by atoms with Crippen LogP contribution in [-0.2, 0) is 25.7 Å². The van der Waals surface area contributed by atoms with Crippen LogP contribution in [0.15, 0.2) is 84.9 Å². The molecular formula is C26H24N2O5. The van der Waals surface area contributed by atoms with E-state index in [0.29, 0.717) is 23.7 Å². The fraction of sp³-hybridized carbons (Fsp3) is 0.192. The Bertz CT molecular complexity index is 1120. The van der Waals surface area contributed by atoms with Gasteiger partial charge in [0, 0.05) is 31.3 Å². The molecule has 1 fully saturated rings. The number of nitrogens with zero attached hydrogens (tertiary/aromatic N) is 1. The van der Waals surface area contributed by atoms with E-state index in [2.05, 4.69) is 5.32 Å². The summed E-state index contributed by atoms with van der Waals surface area (Å²) >= 11 is 0. The monoisotopic (exact) mass is 444 g/mol. The Labute approximate surface area is 191 Å². The standard InChI is InChI=1S/C26H24N2O5/c29-24(27-21-10-7-13-23(15-21)33-22-11-5-2-6-12-22)18-32-26(31)20-14-25(30)28(17-20)16-19-8-3-1-4-9-19/h1-13,15,20H,14,16-18H2,(H,27,29)/t20-/m1/s1. The molecule has 1 saturated heterocycles. The van der Waals surface area contributed by atoms with E-state index in [1.165, 1.54) is 0 Å². The highest BCUT2D eigenvalue weighted by Crippen LogP contribution is 2.24. The summed E-state index contributed by atoms with van der Waals surface area (Å²) in [6, 6.07) is 25.8. The maximum atomic E-state index is 12.4. The summed E-state index contributed by atoms with van der Waals surface area (Å²) in [5, 5.41) is 2.69. The molecule has 7 heteroatoms. The Balaban J connectivity index is 1.25. The Kier molecular flexibility index (Phi) is 6.99. The minimum absolute atomic E-state index is 0.0894. The zero-order valence-corrected chi connectivity index (χ0v) is 18.0. The van der Waals surface area contributed by atoms with Gasteiger partial charge >= 0.3 is 5.97 Å².